The average molecular weight is 387 g/mol. The number of allylic oxidation sites excluding steroid dienone is 1. The van der Waals surface area contributed by atoms with E-state index in [1.165, 1.54) is 0 Å². The van der Waals surface area contributed by atoms with Gasteiger partial charge in [-0.25, -0.2) is 0 Å². The minimum atomic E-state index is -0.306. The number of nitrogens with zero attached hydrogens (tertiary/aromatic N) is 1. The molecule has 2 aliphatic rings. The van der Waals surface area contributed by atoms with Gasteiger partial charge in [-0.05, 0) is 23.8 Å². The van der Waals surface area contributed by atoms with E-state index in [4.69, 9.17) is 23.2 Å². The van der Waals surface area contributed by atoms with Crippen molar-refractivity contribution in [2.75, 3.05) is 13.1 Å². The summed E-state index contributed by atoms with van der Waals surface area (Å²) in [4.78, 5) is 27.6. The van der Waals surface area contributed by atoms with Gasteiger partial charge in [-0.3, -0.25) is 14.5 Å². The maximum absolute atomic E-state index is 13.4. The number of nitrogens with one attached hydrogen (secondary N) is 1. The number of ketones is 1. The van der Waals surface area contributed by atoms with Crippen LogP contribution in [0.5, 0.6) is 0 Å². The van der Waals surface area contributed by atoms with Gasteiger partial charge in [-0.1, -0.05) is 53.5 Å². The second-order valence-corrected chi connectivity index (χ2v) is 7.20. The molecule has 0 bridgehead atoms. The van der Waals surface area contributed by atoms with E-state index in [0.717, 1.165) is 5.56 Å². The highest BCUT2D eigenvalue weighted by Gasteiger charge is 2.40. The molecule has 4 nitrogen and oxygen atoms in total. The average Bonchev–Trinajstić information content (AvgIpc) is 3.12. The molecular weight excluding hydrogens is 371 g/mol. The van der Waals surface area contributed by atoms with Crippen LogP contribution in [0.25, 0.3) is 0 Å². The van der Waals surface area contributed by atoms with E-state index in [-0.39, 0.29) is 24.0 Å². The smallest absolute Gasteiger partial charge is 0.229 e. The number of carbonyl (C=O) groups excluding carboxylic acids is 2. The minimum absolute atomic E-state index is 0.0256. The third-order valence-electron chi connectivity index (χ3n) is 4.80. The molecule has 1 amide bonds. The number of fused-ring (bicyclic) bond motifs is 1. The Morgan fingerprint density at radius 1 is 1.12 bits per heavy atom. The molecular formula is C20H16Cl2N2O2. The van der Waals surface area contributed by atoms with E-state index in [1.807, 2.05) is 30.3 Å². The first-order valence-corrected chi connectivity index (χ1v) is 9.15. The zero-order valence-corrected chi connectivity index (χ0v) is 15.3. The molecule has 2 heterocycles. The minimum Gasteiger partial charge on any atom is -0.369 e. The first kappa shape index (κ1) is 17.1. The Balaban J connectivity index is 1.86. The molecule has 0 aromatic heterocycles. The molecule has 2 aromatic carbocycles. The van der Waals surface area contributed by atoms with Crippen molar-refractivity contribution < 1.29 is 9.59 Å². The van der Waals surface area contributed by atoms with Crippen molar-refractivity contribution in [3.63, 3.8) is 0 Å². The summed E-state index contributed by atoms with van der Waals surface area (Å²) in [6.45, 7) is 1.20. The lowest BCUT2D eigenvalue weighted by molar-refractivity contribution is -0.129. The van der Waals surface area contributed by atoms with Crippen molar-refractivity contribution in [1.82, 2.24) is 10.2 Å². The SMILES string of the molecule is O=C(C1=C2NCCN2C(=O)CC1c1ccccc1)c1ccc(Cl)cc1Cl. The van der Waals surface area contributed by atoms with Gasteiger partial charge in [0.05, 0.1) is 5.02 Å². The van der Waals surface area contributed by atoms with E-state index in [1.54, 1.807) is 23.1 Å². The lowest BCUT2D eigenvalue weighted by Crippen LogP contribution is -2.37. The van der Waals surface area contributed by atoms with Gasteiger partial charge in [0.1, 0.15) is 5.82 Å². The summed E-state index contributed by atoms with van der Waals surface area (Å²) < 4.78 is 0. The van der Waals surface area contributed by atoms with Gasteiger partial charge in [-0.2, -0.15) is 0 Å². The second kappa shape index (κ2) is 6.78. The molecule has 2 aliphatic heterocycles. The number of halogens is 2. The summed E-state index contributed by atoms with van der Waals surface area (Å²) in [5.74, 6) is 0.144. The molecule has 1 saturated heterocycles. The molecule has 26 heavy (non-hydrogen) atoms. The monoisotopic (exact) mass is 386 g/mol. The van der Waals surface area contributed by atoms with Crippen LogP contribution < -0.4 is 5.32 Å². The van der Waals surface area contributed by atoms with Crippen LogP contribution in [0.1, 0.15) is 28.3 Å². The third kappa shape index (κ3) is 2.89. The summed E-state index contributed by atoms with van der Waals surface area (Å²) in [7, 11) is 0. The number of carbonyl (C=O) groups is 2. The van der Waals surface area contributed by atoms with Crippen LogP contribution in [-0.4, -0.2) is 29.7 Å². The Labute approximate surface area is 161 Å². The van der Waals surface area contributed by atoms with Crippen molar-refractivity contribution >= 4 is 34.9 Å². The fourth-order valence-electron chi connectivity index (χ4n) is 3.59. The zero-order valence-electron chi connectivity index (χ0n) is 13.8. The summed E-state index contributed by atoms with van der Waals surface area (Å²) in [6.07, 6.45) is 0.265. The number of hydrogen-bond acceptors (Lipinski definition) is 3. The lowest BCUT2D eigenvalue weighted by Gasteiger charge is -2.31. The Bertz CT molecular complexity index is 925. The number of hydrogen-bond donors (Lipinski definition) is 1. The largest absolute Gasteiger partial charge is 0.369 e. The van der Waals surface area contributed by atoms with Gasteiger partial charge in [0, 0.05) is 41.6 Å². The van der Waals surface area contributed by atoms with Gasteiger partial charge >= 0.3 is 0 Å². The Kier molecular flexibility index (Phi) is 4.47. The van der Waals surface area contributed by atoms with Gasteiger partial charge in [0.25, 0.3) is 0 Å². The predicted molar refractivity (Wildman–Crippen MR) is 101 cm³/mol. The van der Waals surface area contributed by atoms with Crippen LogP contribution in [0.4, 0.5) is 0 Å². The second-order valence-electron chi connectivity index (χ2n) is 6.36. The molecule has 2 aromatic rings. The summed E-state index contributed by atoms with van der Waals surface area (Å²) in [5.41, 5.74) is 1.91. The first-order chi connectivity index (χ1) is 12.6. The molecule has 1 N–H and O–H groups in total. The van der Waals surface area contributed by atoms with Crippen molar-refractivity contribution in [1.29, 1.82) is 0 Å². The van der Waals surface area contributed by atoms with Crippen LogP contribution in [0.15, 0.2) is 59.9 Å². The first-order valence-electron chi connectivity index (χ1n) is 8.39. The normalized spacial score (nSPS) is 19.4. The number of Topliss-reactive ketones (excluding diaryl/α,β-unsaturated/α-hetero) is 1. The van der Waals surface area contributed by atoms with Crippen LogP contribution in [0, 0.1) is 0 Å². The molecule has 6 heteroatoms. The molecule has 0 radical (unpaired) electrons. The summed E-state index contributed by atoms with van der Waals surface area (Å²) in [6, 6.07) is 14.5. The molecule has 0 spiro atoms. The van der Waals surface area contributed by atoms with E-state index in [2.05, 4.69) is 5.32 Å². The fourth-order valence-corrected chi connectivity index (χ4v) is 4.08. The van der Waals surface area contributed by atoms with Gasteiger partial charge < -0.3 is 5.32 Å². The topological polar surface area (TPSA) is 49.4 Å². The lowest BCUT2D eigenvalue weighted by atomic mass is 9.81. The third-order valence-corrected chi connectivity index (χ3v) is 5.35. The van der Waals surface area contributed by atoms with E-state index in [0.29, 0.717) is 40.1 Å². The molecule has 0 saturated carbocycles. The van der Waals surface area contributed by atoms with Crippen molar-refractivity contribution in [3.05, 3.63) is 81.1 Å². The summed E-state index contributed by atoms with van der Waals surface area (Å²) >= 11 is 12.2. The van der Waals surface area contributed by atoms with E-state index < -0.39 is 0 Å². The Morgan fingerprint density at radius 3 is 2.62 bits per heavy atom. The maximum atomic E-state index is 13.4. The van der Waals surface area contributed by atoms with Crippen molar-refractivity contribution in [3.8, 4) is 0 Å². The highest BCUT2D eigenvalue weighted by molar-refractivity contribution is 6.37. The van der Waals surface area contributed by atoms with Crippen LogP contribution >= 0.6 is 23.2 Å². The molecule has 1 unspecified atom stereocenters. The zero-order chi connectivity index (χ0) is 18.3. The standard InChI is InChI=1S/C20H16Cl2N2O2/c21-13-6-7-14(16(22)10-13)19(26)18-15(12-4-2-1-3-5-12)11-17(25)24-9-8-23-20(18)24/h1-7,10,15,23H,8-9,11H2. The molecule has 132 valence electrons. The van der Waals surface area contributed by atoms with Crippen LogP contribution in [0.3, 0.4) is 0 Å². The fraction of sp³-hybridized carbons (Fsp3) is 0.200. The molecule has 1 atom stereocenters. The summed E-state index contributed by atoms with van der Waals surface area (Å²) in [5, 5.41) is 4.00. The van der Waals surface area contributed by atoms with Crippen molar-refractivity contribution in [2.24, 2.45) is 0 Å². The highest BCUT2D eigenvalue weighted by Crippen LogP contribution is 2.39. The Hall–Kier alpha value is -2.30. The van der Waals surface area contributed by atoms with Crippen LogP contribution in [-0.2, 0) is 4.79 Å². The molecule has 4 rings (SSSR count). The highest BCUT2D eigenvalue weighted by atomic mass is 35.5. The molecule has 1 fully saturated rings. The van der Waals surface area contributed by atoms with Gasteiger partial charge in [-0.15, -0.1) is 0 Å². The maximum Gasteiger partial charge on any atom is 0.229 e. The number of rotatable bonds is 3. The van der Waals surface area contributed by atoms with Crippen molar-refractivity contribution in [2.45, 2.75) is 12.3 Å². The van der Waals surface area contributed by atoms with Gasteiger partial charge in [0.15, 0.2) is 5.78 Å². The quantitative estimate of drug-likeness (QED) is 0.810. The molecule has 0 aliphatic carbocycles. The van der Waals surface area contributed by atoms with E-state index >= 15 is 0 Å². The number of amides is 1. The Morgan fingerprint density at radius 2 is 1.88 bits per heavy atom. The predicted octanol–water partition coefficient (Wildman–Crippen LogP) is 4.01. The van der Waals surface area contributed by atoms with Crippen LogP contribution in [0.2, 0.25) is 10.0 Å². The van der Waals surface area contributed by atoms with E-state index in [9.17, 15) is 9.59 Å². The number of benzene rings is 2. The van der Waals surface area contributed by atoms with Gasteiger partial charge in [0.2, 0.25) is 5.91 Å².